The van der Waals surface area contributed by atoms with Crippen molar-refractivity contribution in [3.63, 3.8) is 0 Å². The minimum Gasteiger partial charge on any atom is -0.444 e. The second-order valence-corrected chi connectivity index (χ2v) is 7.19. The van der Waals surface area contributed by atoms with E-state index in [2.05, 4.69) is 5.32 Å². The summed E-state index contributed by atoms with van der Waals surface area (Å²) in [6.07, 6.45) is 2.88. The first kappa shape index (κ1) is 16.5. The normalized spacial score (nSPS) is 30.3. The van der Waals surface area contributed by atoms with Gasteiger partial charge in [-0.15, -0.1) is 0 Å². The molecule has 0 radical (unpaired) electrons. The Hall–Kier alpha value is -0.850. The highest BCUT2D eigenvalue weighted by atomic mass is 16.6. The molecule has 2 saturated heterocycles. The fourth-order valence-electron chi connectivity index (χ4n) is 3.32. The van der Waals surface area contributed by atoms with E-state index in [-0.39, 0.29) is 24.8 Å². The number of carbonyl (C=O) groups is 1. The van der Waals surface area contributed by atoms with E-state index in [4.69, 9.17) is 9.84 Å². The zero-order chi connectivity index (χ0) is 15.6. The summed E-state index contributed by atoms with van der Waals surface area (Å²) in [5.74, 6) is 0. The number of rotatable bonds is 4. The molecular formula is C15H28N2O4. The highest BCUT2D eigenvalue weighted by Gasteiger charge is 2.44. The number of aliphatic hydroxyl groups is 2. The number of hydrogen-bond donors (Lipinski definition) is 3. The van der Waals surface area contributed by atoms with E-state index in [0.29, 0.717) is 12.6 Å². The molecule has 1 amide bonds. The number of nitrogens with one attached hydrogen (secondary N) is 1. The molecule has 2 aliphatic heterocycles. The summed E-state index contributed by atoms with van der Waals surface area (Å²) < 4.78 is 5.50. The molecule has 3 N–H and O–H groups in total. The molecule has 2 bridgehead atoms. The summed E-state index contributed by atoms with van der Waals surface area (Å²) in [4.78, 5) is 14.2. The predicted octanol–water partition coefficient (Wildman–Crippen LogP) is 0.860. The summed E-state index contributed by atoms with van der Waals surface area (Å²) >= 11 is 0. The van der Waals surface area contributed by atoms with Crippen molar-refractivity contribution in [2.24, 2.45) is 0 Å². The van der Waals surface area contributed by atoms with E-state index < -0.39 is 11.7 Å². The molecule has 0 saturated carbocycles. The third-order valence-electron chi connectivity index (χ3n) is 4.19. The highest BCUT2D eigenvalue weighted by Crippen LogP contribution is 2.36. The molecule has 6 nitrogen and oxygen atoms in total. The van der Waals surface area contributed by atoms with Gasteiger partial charge in [-0.3, -0.25) is 0 Å². The molecule has 0 aromatic carbocycles. The van der Waals surface area contributed by atoms with Gasteiger partial charge in [0, 0.05) is 24.7 Å². The monoisotopic (exact) mass is 300 g/mol. The second kappa shape index (κ2) is 6.50. The second-order valence-electron chi connectivity index (χ2n) is 7.19. The average Bonchev–Trinajstić information content (AvgIpc) is 2.65. The Kier molecular flexibility index (Phi) is 5.11. The van der Waals surface area contributed by atoms with E-state index in [0.717, 1.165) is 25.7 Å². The number of aliphatic hydroxyl groups excluding tert-OH is 2. The fraction of sp³-hybridized carbons (Fsp3) is 0.933. The zero-order valence-electron chi connectivity index (χ0n) is 13.2. The van der Waals surface area contributed by atoms with Crippen molar-refractivity contribution in [1.29, 1.82) is 0 Å². The van der Waals surface area contributed by atoms with Crippen molar-refractivity contribution in [3.8, 4) is 0 Å². The van der Waals surface area contributed by atoms with Crippen LogP contribution in [0.2, 0.25) is 0 Å². The van der Waals surface area contributed by atoms with E-state index in [1.807, 2.05) is 25.7 Å². The van der Waals surface area contributed by atoms with Gasteiger partial charge in [-0.2, -0.15) is 0 Å². The molecular weight excluding hydrogens is 272 g/mol. The van der Waals surface area contributed by atoms with E-state index in [1.54, 1.807) is 0 Å². The number of amides is 1. The standard InChI is InChI=1S/C15H28N2O4/c1-15(2,3)21-14(20)17-11-4-5-12(17)7-10(6-11)16-8-13(19)9-18/h10-13,16,18-19H,4-9H2,1-3H3. The van der Waals surface area contributed by atoms with E-state index >= 15 is 0 Å². The first-order valence-corrected chi connectivity index (χ1v) is 7.84. The summed E-state index contributed by atoms with van der Waals surface area (Å²) in [5.41, 5.74) is -0.461. The van der Waals surface area contributed by atoms with Gasteiger partial charge in [0.15, 0.2) is 0 Å². The molecule has 0 aromatic heterocycles. The van der Waals surface area contributed by atoms with E-state index in [1.165, 1.54) is 0 Å². The lowest BCUT2D eigenvalue weighted by molar-refractivity contribution is 0.00380. The van der Waals surface area contributed by atoms with Gasteiger partial charge in [-0.05, 0) is 46.5 Å². The number of hydrogen-bond acceptors (Lipinski definition) is 5. The van der Waals surface area contributed by atoms with Crippen LogP contribution in [0.1, 0.15) is 46.5 Å². The summed E-state index contributed by atoms with van der Waals surface area (Å²) in [7, 11) is 0. The first-order valence-electron chi connectivity index (χ1n) is 7.84. The molecule has 0 aromatic rings. The van der Waals surface area contributed by atoms with Crippen molar-refractivity contribution < 1.29 is 19.7 Å². The maximum absolute atomic E-state index is 12.3. The maximum Gasteiger partial charge on any atom is 0.410 e. The largest absolute Gasteiger partial charge is 0.444 e. The summed E-state index contributed by atoms with van der Waals surface area (Å²) in [6.45, 7) is 5.83. The Bertz CT molecular complexity index is 355. The van der Waals surface area contributed by atoms with Gasteiger partial charge >= 0.3 is 6.09 Å². The topological polar surface area (TPSA) is 82.0 Å². The Morgan fingerprint density at radius 3 is 2.38 bits per heavy atom. The van der Waals surface area contributed by atoms with Crippen LogP contribution < -0.4 is 5.32 Å². The number of carbonyl (C=O) groups excluding carboxylic acids is 1. The third kappa shape index (κ3) is 4.31. The van der Waals surface area contributed by atoms with Gasteiger partial charge < -0.3 is 25.2 Å². The van der Waals surface area contributed by atoms with Crippen LogP contribution in [-0.4, -0.2) is 64.2 Å². The van der Waals surface area contributed by atoms with Crippen LogP contribution in [0.15, 0.2) is 0 Å². The van der Waals surface area contributed by atoms with Crippen molar-refractivity contribution >= 4 is 6.09 Å². The van der Waals surface area contributed by atoms with Crippen LogP contribution in [0, 0.1) is 0 Å². The van der Waals surface area contributed by atoms with Crippen LogP contribution in [-0.2, 0) is 4.74 Å². The molecule has 2 heterocycles. The molecule has 2 aliphatic rings. The number of fused-ring (bicyclic) bond motifs is 2. The lowest BCUT2D eigenvalue weighted by Crippen LogP contribution is -2.53. The van der Waals surface area contributed by atoms with Crippen LogP contribution in [0.3, 0.4) is 0 Å². The van der Waals surface area contributed by atoms with Gasteiger partial charge in [0.25, 0.3) is 0 Å². The molecule has 21 heavy (non-hydrogen) atoms. The van der Waals surface area contributed by atoms with Crippen molar-refractivity contribution in [3.05, 3.63) is 0 Å². The molecule has 2 fully saturated rings. The first-order chi connectivity index (χ1) is 9.80. The van der Waals surface area contributed by atoms with Gasteiger partial charge in [0.05, 0.1) is 12.7 Å². The van der Waals surface area contributed by atoms with Crippen LogP contribution in [0.25, 0.3) is 0 Å². The minimum atomic E-state index is -0.716. The fourth-order valence-corrected chi connectivity index (χ4v) is 3.32. The van der Waals surface area contributed by atoms with Gasteiger partial charge in [-0.1, -0.05) is 0 Å². The Morgan fingerprint density at radius 1 is 1.33 bits per heavy atom. The Balaban J connectivity index is 1.88. The maximum atomic E-state index is 12.3. The third-order valence-corrected chi connectivity index (χ3v) is 4.19. The molecule has 2 rings (SSSR count). The van der Waals surface area contributed by atoms with Crippen molar-refractivity contribution in [1.82, 2.24) is 10.2 Å². The average molecular weight is 300 g/mol. The van der Waals surface area contributed by atoms with Crippen LogP contribution in [0.4, 0.5) is 4.79 Å². The molecule has 3 unspecified atom stereocenters. The van der Waals surface area contributed by atoms with Crippen molar-refractivity contribution in [2.45, 2.75) is 76.3 Å². The number of nitrogens with zero attached hydrogens (tertiary/aromatic N) is 1. The molecule has 0 spiro atoms. The Morgan fingerprint density at radius 2 is 1.90 bits per heavy atom. The van der Waals surface area contributed by atoms with Crippen LogP contribution in [0.5, 0.6) is 0 Å². The van der Waals surface area contributed by atoms with E-state index in [9.17, 15) is 9.90 Å². The lowest BCUT2D eigenvalue weighted by atomic mass is 9.97. The minimum absolute atomic E-state index is 0.205. The molecule has 6 heteroatoms. The van der Waals surface area contributed by atoms with Crippen LogP contribution >= 0.6 is 0 Å². The van der Waals surface area contributed by atoms with Gasteiger partial charge in [0.1, 0.15) is 5.60 Å². The highest BCUT2D eigenvalue weighted by molar-refractivity contribution is 5.69. The smallest absolute Gasteiger partial charge is 0.410 e. The molecule has 0 aliphatic carbocycles. The lowest BCUT2D eigenvalue weighted by Gasteiger charge is -2.40. The SMILES string of the molecule is CC(C)(C)OC(=O)N1C2CCC1CC(NCC(O)CO)C2. The molecule has 122 valence electrons. The summed E-state index contributed by atoms with van der Waals surface area (Å²) in [5, 5.41) is 21.5. The quantitative estimate of drug-likeness (QED) is 0.717. The Labute approximate surface area is 126 Å². The molecule has 3 atom stereocenters. The predicted molar refractivity (Wildman–Crippen MR) is 79.0 cm³/mol. The van der Waals surface area contributed by atoms with Gasteiger partial charge in [-0.25, -0.2) is 4.79 Å². The number of piperidine rings is 1. The summed E-state index contributed by atoms with van der Waals surface area (Å²) in [6, 6.07) is 0.743. The zero-order valence-corrected chi connectivity index (χ0v) is 13.2. The van der Waals surface area contributed by atoms with Gasteiger partial charge in [0.2, 0.25) is 0 Å². The number of ether oxygens (including phenoxy) is 1. The van der Waals surface area contributed by atoms with Crippen molar-refractivity contribution in [2.75, 3.05) is 13.2 Å².